The second-order valence-electron chi connectivity index (χ2n) is 6.25. The number of fused-ring (bicyclic) bond motifs is 1. The van der Waals surface area contributed by atoms with E-state index in [1.54, 1.807) is 6.26 Å². The minimum absolute atomic E-state index is 0.428. The average Bonchev–Trinajstić information content (AvgIpc) is 3.21. The molecule has 112 valence electrons. The summed E-state index contributed by atoms with van der Waals surface area (Å²) in [6.45, 7) is 1.98. The molecule has 1 unspecified atom stereocenters. The maximum atomic E-state index is 4.99. The Morgan fingerprint density at radius 3 is 3.00 bits per heavy atom. The molecule has 0 aromatic carbocycles. The first kappa shape index (κ1) is 13.1. The Balaban J connectivity index is 1.61. The lowest BCUT2D eigenvalue weighted by Gasteiger charge is -2.23. The smallest absolute Gasteiger partial charge is 0.126 e. The molecule has 0 amide bonds. The van der Waals surface area contributed by atoms with E-state index in [4.69, 9.17) is 9.51 Å². The van der Waals surface area contributed by atoms with Crippen LogP contribution in [0.15, 0.2) is 16.9 Å². The van der Waals surface area contributed by atoms with Gasteiger partial charge < -0.3 is 9.09 Å². The number of imidazole rings is 1. The van der Waals surface area contributed by atoms with Crippen molar-refractivity contribution in [3.63, 3.8) is 0 Å². The first-order chi connectivity index (χ1) is 10.3. The Morgan fingerprint density at radius 1 is 1.29 bits per heavy atom. The van der Waals surface area contributed by atoms with Crippen molar-refractivity contribution in [2.24, 2.45) is 7.05 Å². The zero-order chi connectivity index (χ0) is 14.2. The fourth-order valence-corrected chi connectivity index (χ4v) is 3.84. The molecule has 1 atom stereocenters. The number of likely N-dealkylation sites (tertiary alicyclic amines) is 1. The van der Waals surface area contributed by atoms with E-state index >= 15 is 0 Å². The molecule has 3 heterocycles. The number of nitrogens with zero attached hydrogens (tertiary/aromatic N) is 4. The van der Waals surface area contributed by atoms with Gasteiger partial charge in [-0.15, -0.1) is 0 Å². The van der Waals surface area contributed by atoms with Crippen molar-refractivity contribution in [2.75, 3.05) is 6.54 Å². The van der Waals surface area contributed by atoms with Crippen molar-refractivity contribution in [3.8, 4) is 0 Å². The zero-order valence-electron chi connectivity index (χ0n) is 12.6. The van der Waals surface area contributed by atoms with Gasteiger partial charge >= 0.3 is 0 Å². The number of aryl methyl sites for hydroxylation is 1. The molecule has 1 aliphatic heterocycles. The molecular weight excluding hydrogens is 264 g/mol. The van der Waals surface area contributed by atoms with Crippen LogP contribution in [-0.2, 0) is 26.4 Å². The number of aromatic nitrogens is 3. The maximum Gasteiger partial charge on any atom is 0.126 e. The van der Waals surface area contributed by atoms with Gasteiger partial charge in [0.15, 0.2) is 0 Å². The summed E-state index contributed by atoms with van der Waals surface area (Å²) in [5, 5.41) is 4.05. The minimum Gasteiger partial charge on any atom is -0.364 e. The first-order valence-corrected chi connectivity index (χ1v) is 8.00. The standard InChI is InChI=1S/C16H22N4O/c1-19-14-6-3-2-5-13(14)17-16(19)15-7-4-9-20(15)11-12-8-10-21-18-12/h8,10,15H,2-7,9,11H2,1H3. The normalized spacial score (nSPS) is 22.6. The van der Waals surface area contributed by atoms with Crippen LogP contribution in [0.1, 0.15) is 54.6 Å². The molecule has 0 radical (unpaired) electrons. The van der Waals surface area contributed by atoms with Crippen molar-refractivity contribution in [2.45, 2.75) is 51.1 Å². The second-order valence-corrected chi connectivity index (χ2v) is 6.25. The van der Waals surface area contributed by atoms with Crippen LogP contribution in [-0.4, -0.2) is 26.2 Å². The van der Waals surface area contributed by atoms with E-state index in [1.807, 2.05) is 6.07 Å². The van der Waals surface area contributed by atoms with E-state index in [2.05, 4.69) is 21.7 Å². The molecule has 2 aromatic rings. The highest BCUT2D eigenvalue weighted by molar-refractivity contribution is 5.22. The molecular formula is C16H22N4O. The summed E-state index contributed by atoms with van der Waals surface area (Å²) in [5.41, 5.74) is 3.82. The van der Waals surface area contributed by atoms with Crippen molar-refractivity contribution in [1.82, 2.24) is 19.6 Å². The maximum absolute atomic E-state index is 4.99. The molecule has 0 saturated carbocycles. The van der Waals surface area contributed by atoms with E-state index in [9.17, 15) is 0 Å². The van der Waals surface area contributed by atoms with Crippen LogP contribution >= 0.6 is 0 Å². The average molecular weight is 286 g/mol. The van der Waals surface area contributed by atoms with Crippen molar-refractivity contribution in [1.29, 1.82) is 0 Å². The predicted molar refractivity (Wildman–Crippen MR) is 78.7 cm³/mol. The van der Waals surface area contributed by atoms with E-state index in [-0.39, 0.29) is 0 Å². The third kappa shape index (κ3) is 2.29. The molecule has 1 fully saturated rings. The van der Waals surface area contributed by atoms with Gasteiger partial charge in [-0.1, -0.05) is 5.16 Å². The Labute approximate surface area is 124 Å². The fourth-order valence-electron chi connectivity index (χ4n) is 3.84. The lowest BCUT2D eigenvalue weighted by molar-refractivity contribution is 0.229. The third-order valence-electron chi connectivity index (χ3n) is 4.93. The molecule has 0 bridgehead atoms. The molecule has 2 aliphatic rings. The zero-order valence-corrected chi connectivity index (χ0v) is 12.6. The van der Waals surface area contributed by atoms with Crippen LogP contribution in [0.2, 0.25) is 0 Å². The SMILES string of the molecule is Cn1c(C2CCCN2Cc2ccon2)nc2c1CCCC2. The summed E-state index contributed by atoms with van der Waals surface area (Å²) < 4.78 is 7.32. The van der Waals surface area contributed by atoms with Gasteiger partial charge in [0.05, 0.1) is 17.4 Å². The molecule has 21 heavy (non-hydrogen) atoms. The van der Waals surface area contributed by atoms with E-state index < -0.39 is 0 Å². The topological polar surface area (TPSA) is 47.1 Å². The molecule has 0 spiro atoms. The molecule has 0 N–H and O–H groups in total. The lowest BCUT2D eigenvalue weighted by Crippen LogP contribution is -2.25. The Hall–Kier alpha value is -1.62. The van der Waals surface area contributed by atoms with Crippen molar-refractivity contribution < 1.29 is 4.52 Å². The molecule has 4 rings (SSSR count). The first-order valence-electron chi connectivity index (χ1n) is 8.00. The Bertz CT molecular complexity index is 617. The van der Waals surface area contributed by atoms with Gasteiger partial charge in [-0.3, -0.25) is 4.90 Å². The van der Waals surface area contributed by atoms with Gasteiger partial charge in [0.25, 0.3) is 0 Å². The lowest BCUT2D eigenvalue weighted by atomic mass is 10.0. The fraction of sp³-hybridized carbons (Fsp3) is 0.625. The highest BCUT2D eigenvalue weighted by Gasteiger charge is 2.31. The third-order valence-corrected chi connectivity index (χ3v) is 4.93. The van der Waals surface area contributed by atoms with Gasteiger partial charge in [-0.2, -0.15) is 0 Å². The van der Waals surface area contributed by atoms with E-state index in [0.29, 0.717) is 6.04 Å². The minimum atomic E-state index is 0.428. The van der Waals surface area contributed by atoms with Crippen LogP contribution < -0.4 is 0 Å². The van der Waals surface area contributed by atoms with Gasteiger partial charge in [-0.05, 0) is 45.1 Å². The van der Waals surface area contributed by atoms with Gasteiger partial charge in [0.1, 0.15) is 12.1 Å². The van der Waals surface area contributed by atoms with Gasteiger partial charge in [0, 0.05) is 25.4 Å². The largest absolute Gasteiger partial charge is 0.364 e. The summed E-state index contributed by atoms with van der Waals surface area (Å²) in [7, 11) is 2.19. The van der Waals surface area contributed by atoms with Crippen LogP contribution in [0, 0.1) is 0 Å². The van der Waals surface area contributed by atoms with Gasteiger partial charge in [0.2, 0.25) is 0 Å². The highest BCUT2D eigenvalue weighted by atomic mass is 16.5. The number of rotatable bonds is 3. The molecule has 1 saturated heterocycles. The predicted octanol–water partition coefficient (Wildman–Crippen LogP) is 2.62. The molecule has 5 heteroatoms. The van der Waals surface area contributed by atoms with Crippen LogP contribution in [0.25, 0.3) is 0 Å². The van der Waals surface area contributed by atoms with Crippen molar-refractivity contribution in [3.05, 3.63) is 35.2 Å². The molecule has 2 aromatic heterocycles. The van der Waals surface area contributed by atoms with Crippen molar-refractivity contribution >= 4 is 0 Å². The monoisotopic (exact) mass is 286 g/mol. The number of hydrogen-bond donors (Lipinski definition) is 0. The Kier molecular flexibility index (Phi) is 3.30. The quantitative estimate of drug-likeness (QED) is 0.870. The number of hydrogen-bond acceptors (Lipinski definition) is 4. The van der Waals surface area contributed by atoms with E-state index in [0.717, 1.165) is 25.2 Å². The highest BCUT2D eigenvalue weighted by Crippen LogP contribution is 2.34. The van der Waals surface area contributed by atoms with Crippen LogP contribution in [0.3, 0.4) is 0 Å². The summed E-state index contributed by atoms with van der Waals surface area (Å²) in [4.78, 5) is 7.48. The molecule has 1 aliphatic carbocycles. The molecule has 5 nitrogen and oxygen atoms in total. The van der Waals surface area contributed by atoms with Crippen LogP contribution in [0.4, 0.5) is 0 Å². The summed E-state index contributed by atoms with van der Waals surface area (Å²) in [5.74, 6) is 1.25. The summed E-state index contributed by atoms with van der Waals surface area (Å²) >= 11 is 0. The Morgan fingerprint density at radius 2 is 2.19 bits per heavy atom. The van der Waals surface area contributed by atoms with Gasteiger partial charge in [-0.25, -0.2) is 4.98 Å². The van der Waals surface area contributed by atoms with E-state index in [1.165, 1.54) is 49.3 Å². The summed E-state index contributed by atoms with van der Waals surface area (Å²) in [6, 6.07) is 2.39. The summed E-state index contributed by atoms with van der Waals surface area (Å²) in [6.07, 6.45) is 9.02. The second kappa shape index (κ2) is 5.30. The van der Waals surface area contributed by atoms with Crippen LogP contribution in [0.5, 0.6) is 0 Å².